The maximum absolute atomic E-state index is 12.6. The molecule has 0 spiro atoms. The van der Waals surface area contributed by atoms with E-state index in [1.165, 1.54) is 0 Å². The summed E-state index contributed by atoms with van der Waals surface area (Å²) in [5.74, 6) is 1.57. The molecule has 24 heavy (non-hydrogen) atoms. The third-order valence-corrected chi connectivity index (χ3v) is 4.95. The predicted molar refractivity (Wildman–Crippen MR) is 95.7 cm³/mol. The van der Waals surface area contributed by atoms with E-state index >= 15 is 0 Å². The Labute approximate surface area is 145 Å². The second-order valence-electron chi connectivity index (χ2n) is 6.02. The molecule has 7 heteroatoms. The number of benzene rings is 1. The van der Waals surface area contributed by atoms with Crippen molar-refractivity contribution in [2.24, 2.45) is 5.92 Å². The molecule has 2 amide bonds. The first-order chi connectivity index (χ1) is 11.7. The molecule has 128 valence electrons. The number of piperidine rings is 1. The number of carbonyl (C=O) groups is 2. The molecule has 0 unspecified atom stereocenters. The number of thioether (sulfide) groups is 1. The molecule has 1 saturated heterocycles. The molecule has 1 aromatic heterocycles. The molecule has 2 aromatic rings. The van der Waals surface area contributed by atoms with Crippen LogP contribution in [0.25, 0.3) is 11.0 Å². The Hall–Kier alpha value is -2.02. The van der Waals surface area contributed by atoms with Gasteiger partial charge in [0.2, 0.25) is 11.8 Å². The average Bonchev–Trinajstić information content (AvgIpc) is 3.03. The first kappa shape index (κ1) is 16.8. The number of rotatable bonds is 6. The fraction of sp³-hybridized carbons (Fsp3) is 0.471. The van der Waals surface area contributed by atoms with Crippen LogP contribution in [0.15, 0.2) is 24.3 Å². The van der Waals surface area contributed by atoms with E-state index in [4.69, 9.17) is 0 Å². The summed E-state index contributed by atoms with van der Waals surface area (Å²) < 4.78 is 0. The van der Waals surface area contributed by atoms with Crippen LogP contribution < -0.4 is 10.6 Å². The molecule has 6 nitrogen and oxygen atoms in total. The average molecular weight is 346 g/mol. The van der Waals surface area contributed by atoms with Crippen LogP contribution in [0.1, 0.15) is 31.1 Å². The zero-order chi connectivity index (χ0) is 16.9. The van der Waals surface area contributed by atoms with Gasteiger partial charge in [-0.25, -0.2) is 4.98 Å². The second kappa shape index (κ2) is 7.70. The van der Waals surface area contributed by atoms with Crippen molar-refractivity contribution < 1.29 is 9.59 Å². The number of carbonyl (C=O) groups excluding carboxylic acids is 2. The molecular weight excluding hydrogens is 324 g/mol. The van der Waals surface area contributed by atoms with Gasteiger partial charge in [0.15, 0.2) is 0 Å². The van der Waals surface area contributed by atoms with E-state index in [0.29, 0.717) is 19.4 Å². The number of aromatic nitrogens is 2. The van der Waals surface area contributed by atoms with Crippen LogP contribution in [-0.4, -0.2) is 40.3 Å². The Kier molecular flexibility index (Phi) is 5.40. The lowest BCUT2D eigenvalue weighted by molar-refractivity contribution is -0.129. The smallest absolute Gasteiger partial charge is 0.225 e. The maximum Gasteiger partial charge on any atom is 0.225 e. The highest BCUT2D eigenvalue weighted by Crippen LogP contribution is 2.21. The zero-order valence-electron chi connectivity index (χ0n) is 13.7. The lowest BCUT2D eigenvalue weighted by Crippen LogP contribution is -2.44. The Morgan fingerprint density at radius 1 is 1.46 bits per heavy atom. The Morgan fingerprint density at radius 3 is 3.00 bits per heavy atom. The van der Waals surface area contributed by atoms with Gasteiger partial charge in [-0.2, -0.15) is 11.8 Å². The number of hydrogen-bond donors (Lipinski definition) is 3. The molecule has 0 bridgehead atoms. The van der Waals surface area contributed by atoms with Gasteiger partial charge in [0, 0.05) is 13.0 Å². The zero-order valence-corrected chi connectivity index (χ0v) is 14.5. The molecule has 0 aliphatic carbocycles. The third-order valence-electron chi connectivity index (χ3n) is 4.30. The number of nitrogens with one attached hydrogen (secondary N) is 3. The minimum absolute atomic E-state index is 0.0124. The van der Waals surface area contributed by atoms with Crippen molar-refractivity contribution in [2.45, 2.75) is 25.3 Å². The van der Waals surface area contributed by atoms with Gasteiger partial charge in [-0.3, -0.25) is 9.59 Å². The van der Waals surface area contributed by atoms with Gasteiger partial charge in [0.25, 0.3) is 0 Å². The van der Waals surface area contributed by atoms with Gasteiger partial charge in [0.05, 0.1) is 23.0 Å². The highest BCUT2D eigenvalue weighted by molar-refractivity contribution is 7.98. The fourth-order valence-corrected chi connectivity index (χ4v) is 3.37. The number of H-pyrrole nitrogens is 1. The standard InChI is InChI=1S/C17H22N4O2S/c1-24-9-8-14(16-19-12-4-2-3-5-13(12)20-16)21-17(23)11-6-7-15(22)18-10-11/h2-5,11,14H,6-10H2,1H3,(H,18,22)(H,19,20)(H,21,23)/t11-,14-/m1/s1. The fourth-order valence-electron chi connectivity index (χ4n) is 2.90. The van der Waals surface area contributed by atoms with Crippen LogP contribution in [0.5, 0.6) is 0 Å². The molecule has 3 N–H and O–H groups in total. The number of hydrogen-bond acceptors (Lipinski definition) is 4. The van der Waals surface area contributed by atoms with Crippen LogP contribution in [-0.2, 0) is 9.59 Å². The van der Waals surface area contributed by atoms with E-state index in [1.807, 2.05) is 30.5 Å². The molecule has 2 atom stereocenters. The van der Waals surface area contributed by atoms with E-state index in [9.17, 15) is 9.59 Å². The third kappa shape index (κ3) is 3.90. The van der Waals surface area contributed by atoms with Crippen LogP contribution in [0.4, 0.5) is 0 Å². The van der Waals surface area contributed by atoms with E-state index in [2.05, 4.69) is 20.6 Å². The molecule has 1 fully saturated rings. The molecule has 1 aromatic carbocycles. The maximum atomic E-state index is 12.6. The minimum Gasteiger partial charge on any atom is -0.355 e. The van der Waals surface area contributed by atoms with Crippen molar-refractivity contribution in [2.75, 3.05) is 18.6 Å². The molecule has 2 heterocycles. The first-order valence-electron chi connectivity index (χ1n) is 8.18. The summed E-state index contributed by atoms with van der Waals surface area (Å²) in [6.45, 7) is 0.417. The number of nitrogens with zero attached hydrogens (tertiary/aromatic N) is 1. The molecule has 1 aliphatic heterocycles. The normalized spacial score (nSPS) is 19.0. The number of amides is 2. The van der Waals surface area contributed by atoms with Crippen molar-refractivity contribution in [3.63, 3.8) is 0 Å². The predicted octanol–water partition coefficient (Wildman–Crippen LogP) is 2.00. The Bertz CT molecular complexity index is 687. The van der Waals surface area contributed by atoms with Gasteiger partial charge in [-0.1, -0.05) is 12.1 Å². The van der Waals surface area contributed by atoms with Crippen LogP contribution in [0.3, 0.4) is 0 Å². The first-order valence-corrected chi connectivity index (χ1v) is 9.57. The van der Waals surface area contributed by atoms with Crippen LogP contribution in [0, 0.1) is 5.92 Å². The molecule has 3 rings (SSSR count). The van der Waals surface area contributed by atoms with Crippen molar-refractivity contribution in [3.05, 3.63) is 30.1 Å². The van der Waals surface area contributed by atoms with Gasteiger partial charge < -0.3 is 15.6 Å². The van der Waals surface area contributed by atoms with Crippen molar-refractivity contribution >= 4 is 34.6 Å². The highest BCUT2D eigenvalue weighted by atomic mass is 32.2. The van der Waals surface area contributed by atoms with Crippen LogP contribution >= 0.6 is 11.8 Å². The second-order valence-corrected chi connectivity index (χ2v) is 7.01. The van der Waals surface area contributed by atoms with Crippen LogP contribution in [0.2, 0.25) is 0 Å². The molecular formula is C17H22N4O2S. The van der Waals surface area contributed by atoms with E-state index in [0.717, 1.165) is 29.0 Å². The molecule has 0 radical (unpaired) electrons. The van der Waals surface area contributed by atoms with E-state index < -0.39 is 0 Å². The van der Waals surface area contributed by atoms with E-state index in [1.54, 1.807) is 11.8 Å². The summed E-state index contributed by atoms with van der Waals surface area (Å²) in [6, 6.07) is 7.71. The number of imidazole rings is 1. The summed E-state index contributed by atoms with van der Waals surface area (Å²) in [5, 5.41) is 5.88. The summed E-state index contributed by atoms with van der Waals surface area (Å²) in [6.07, 6.45) is 3.88. The van der Waals surface area contributed by atoms with Gasteiger partial charge >= 0.3 is 0 Å². The Morgan fingerprint density at radius 2 is 2.29 bits per heavy atom. The minimum atomic E-state index is -0.163. The summed E-state index contributed by atoms with van der Waals surface area (Å²) in [5.41, 5.74) is 1.88. The van der Waals surface area contributed by atoms with Crippen molar-refractivity contribution in [1.29, 1.82) is 0 Å². The van der Waals surface area contributed by atoms with Crippen molar-refractivity contribution in [1.82, 2.24) is 20.6 Å². The van der Waals surface area contributed by atoms with E-state index in [-0.39, 0.29) is 23.8 Å². The lowest BCUT2D eigenvalue weighted by Gasteiger charge is -2.24. The number of fused-ring (bicyclic) bond motifs is 1. The summed E-state index contributed by atoms with van der Waals surface area (Å²) in [7, 11) is 0. The quantitative estimate of drug-likeness (QED) is 0.747. The SMILES string of the molecule is CSCC[C@@H](NC(=O)[C@@H]1CCC(=O)NC1)c1nc2ccccc2[nH]1. The molecule has 1 aliphatic rings. The number of para-hydroxylation sites is 2. The summed E-state index contributed by atoms with van der Waals surface area (Å²) >= 11 is 1.74. The molecule has 0 saturated carbocycles. The lowest BCUT2D eigenvalue weighted by atomic mass is 9.98. The Balaban J connectivity index is 1.73. The van der Waals surface area contributed by atoms with Gasteiger partial charge in [-0.15, -0.1) is 0 Å². The van der Waals surface area contributed by atoms with Gasteiger partial charge in [-0.05, 0) is 37.0 Å². The largest absolute Gasteiger partial charge is 0.355 e. The van der Waals surface area contributed by atoms with Crippen molar-refractivity contribution in [3.8, 4) is 0 Å². The summed E-state index contributed by atoms with van der Waals surface area (Å²) in [4.78, 5) is 31.8. The number of aromatic amines is 1. The van der Waals surface area contributed by atoms with Gasteiger partial charge in [0.1, 0.15) is 5.82 Å². The monoisotopic (exact) mass is 346 g/mol. The highest BCUT2D eigenvalue weighted by Gasteiger charge is 2.27. The topological polar surface area (TPSA) is 86.9 Å².